The molecule has 0 aliphatic heterocycles. The van der Waals surface area contributed by atoms with Crippen LogP contribution in [0.4, 0.5) is 5.82 Å². The van der Waals surface area contributed by atoms with Crippen molar-refractivity contribution in [1.82, 2.24) is 9.97 Å². The van der Waals surface area contributed by atoms with Gasteiger partial charge in [0, 0.05) is 10.1 Å². The molecular weight excluding hydrogens is 278 g/mol. The number of hydrogen-bond donors (Lipinski definition) is 1. The Balaban J connectivity index is 1.98. The molecule has 2 heterocycles. The standard InChI is InChI=1S/C17H13N3S/c1-10-5-4-7-12-15(10)16(18)20-17(19-12)14-9-11-6-2-3-8-13(11)21-14/h2-9H,1H3,(H2,18,19,20). The summed E-state index contributed by atoms with van der Waals surface area (Å²) in [5.41, 5.74) is 8.15. The summed E-state index contributed by atoms with van der Waals surface area (Å²) in [4.78, 5) is 10.2. The van der Waals surface area contributed by atoms with Gasteiger partial charge in [-0.2, -0.15) is 0 Å². The highest BCUT2D eigenvalue weighted by Gasteiger charge is 2.11. The fourth-order valence-corrected chi connectivity index (χ4v) is 3.59. The second-order valence-electron chi connectivity index (χ2n) is 5.05. The molecule has 4 rings (SSSR count). The highest BCUT2D eigenvalue weighted by Crippen LogP contribution is 2.33. The van der Waals surface area contributed by atoms with E-state index in [0.29, 0.717) is 11.6 Å². The molecule has 0 aliphatic carbocycles. The van der Waals surface area contributed by atoms with E-state index in [1.165, 1.54) is 10.1 Å². The Morgan fingerprint density at radius 1 is 1.00 bits per heavy atom. The molecule has 0 saturated heterocycles. The smallest absolute Gasteiger partial charge is 0.172 e. The van der Waals surface area contributed by atoms with Crippen LogP contribution >= 0.6 is 11.3 Å². The van der Waals surface area contributed by atoms with E-state index in [9.17, 15) is 0 Å². The van der Waals surface area contributed by atoms with E-state index in [0.717, 1.165) is 21.3 Å². The summed E-state index contributed by atoms with van der Waals surface area (Å²) in [6.07, 6.45) is 0. The van der Waals surface area contributed by atoms with Crippen LogP contribution in [-0.4, -0.2) is 9.97 Å². The molecule has 0 amide bonds. The van der Waals surface area contributed by atoms with Crippen LogP contribution in [0.5, 0.6) is 0 Å². The first-order valence-electron chi connectivity index (χ1n) is 6.74. The van der Waals surface area contributed by atoms with E-state index in [1.54, 1.807) is 11.3 Å². The lowest BCUT2D eigenvalue weighted by Crippen LogP contribution is -1.98. The largest absolute Gasteiger partial charge is 0.383 e. The maximum absolute atomic E-state index is 6.14. The van der Waals surface area contributed by atoms with Crippen LogP contribution < -0.4 is 5.73 Å². The maximum atomic E-state index is 6.14. The molecule has 0 bridgehead atoms. The lowest BCUT2D eigenvalue weighted by Gasteiger charge is -2.06. The normalized spacial score (nSPS) is 11.3. The van der Waals surface area contributed by atoms with Crippen molar-refractivity contribution < 1.29 is 0 Å². The number of thiophene rings is 1. The minimum atomic E-state index is 0.547. The van der Waals surface area contributed by atoms with Crippen molar-refractivity contribution in [1.29, 1.82) is 0 Å². The van der Waals surface area contributed by atoms with Gasteiger partial charge in [-0.15, -0.1) is 11.3 Å². The van der Waals surface area contributed by atoms with Crippen molar-refractivity contribution in [2.75, 3.05) is 5.73 Å². The third-order valence-corrected chi connectivity index (χ3v) is 4.72. The third kappa shape index (κ3) is 1.96. The van der Waals surface area contributed by atoms with Gasteiger partial charge in [0.1, 0.15) is 5.82 Å². The van der Waals surface area contributed by atoms with Gasteiger partial charge in [-0.05, 0) is 36.1 Å². The first kappa shape index (κ1) is 12.3. The van der Waals surface area contributed by atoms with E-state index < -0.39 is 0 Å². The van der Waals surface area contributed by atoms with Gasteiger partial charge >= 0.3 is 0 Å². The number of nitrogens with zero attached hydrogens (tertiary/aromatic N) is 2. The second kappa shape index (κ2) is 4.53. The Bertz CT molecular complexity index is 939. The van der Waals surface area contributed by atoms with E-state index in [1.807, 2.05) is 37.3 Å². The predicted molar refractivity (Wildman–Crippen MR) is 89.5 cm³/mol. The minimum Gasteiger partial charge on any atom is -0.383 e. The van der Waals surface area contributed by atoms with Crippen molar-refractivity contribution >= 4 is 38.1 Å². The number of benzene rings is 2. The molecule has 0 atom stereocenters. The van der Waals surface area contributed by atoms with Gasteiger partial charge < -0.3 is 5.73 Å². The zero-order chi connectivity index (χ0) is 14.4. The summed E-state index contributed by atoms with van der Waals surface area (Å²) in [6.45, 7) is 2.03. The van der Waals surface area contributed by atoms with Crippen LogP contribution in [0.15, 0.2) is 48.5 Å². The molecule has 4 heteroatoms. The summed E-state index contributed by atoms with van der Waals surface area (Å²) in [6, 6.07) is 16.4. The number of nitrogens with two attached hydrogens (primary N) is 1. The monoisotopic (exact) mass is 291 g/mol. The average Bonchev–Trinajstić information content (AvgIpc) is 2.91. The van der Waals surface area contributed by atoms with Crippen LogP contribution in [0.2, 0.25) is 0 Å². The first-order valence-corrected chi connectivity index (χ1v) is 7.56. The fraction of sp³-hybridized carbons (Fsp3) is 0.0588. The average molecular weight is 291 g/mol. The number of fused-ring (bicyclic) bond motifs is 2. The van der Waals surface area contributed by atoms with Gasteiger partial charge in [0.15, 0.2) is 5.82 Å². The number of aryl methyl sites for hydroxylation is 1. The predicted octanol–water partition coefficient (Wildman–Crippen LogP) is 4.40. The van der Waals surface area contributed by atoms with Crippen molar-refractivity contribution in [2.45, 2.75) is 6.92 Å². The molecule has 21 heavy (non-hydrogen) atoms. The Labute approximate surface area is 126 Å². The van der Waals surface area contributed by atoms with Crippen LogP contribution in [0.25, 0.3) is 31.7 Å². The van der Waals surface area contributed by atoms with Gasteiger partial charge in [0.25, 0.3) is 0 Å². The number of hydrogen-bond acceptors (Lipinski definition) is 4. The summed E-state index contributed by atoms with van der Waals surface area (Å²) < 4.78 is 1.24. The zero-order valence-corrected chi connectivity index (χ0v) is 12.3. The van der Waals surface area contributed by atoms with Crippen molar-refractivity contribution in [2.24, 2.45) is 0 Å². The molecule has 2 aromatic carbocycles. The van der Waals surface area contributed by atoms with Gasteiger partial charge in [0.2, 0.25) is 0 Å². The van der Waals surface area contributed by atoms with Gasteiger partial charge in [0.05, 0.1) is 10.4 Å². The summed E-state index contributed by atoms with van der Waals surface area (Å²) in [7, 11) is 0. The lowest BCUT2D eigenvalue weighted by atomic mass is 10.1. The van der Waals surface area contributed by atoms with Crippen molar-refractivity contribution in [3.63, 3.8) is 0 Å². The van der Waals surface area contributed by atoms with E-state index in [-0.39, 0.29) is 0 Å². The zero-order valence-electron chi connectivity index (χ0n) is 11.5. The maximum Gasteiger partial charge on any atom is 0.172 e. The molecule has 0 unspecified atom stereocenters. The fourth-order valence-electron chi connectivity index (χ4n) is 2.59. The summed E-state index contributed by atoms with van der Waals surface area (Å²) in [5.74, 6) is 1.25. The number of aromatic nitrogens is 2. The number of rotatable bonds is 1. The van der Waals surface area contributed by atoms with E-state index >= 15 is 0 Å². The number of nitrogen functional groups attached to an aromatic ring is 1. The third-order valence-electron chi connectivity index (χ3n) is 3.61. The molecule has 102 valence electrons. The van der Waals surface area contributed by atoms with Crippen molar-refractivity contribution in [3.05, 3.63) is 54.1 Å². The molecule has 0 radical (unpaired) electrons. The molecule has 2 aromatic heterocycles. The molecule has 3 nitrogen and oxygen atoms in total. The van der Waals surface area contributed by atoms with Crippen LogP contribution in [-0.2, 0) is 0 Å². The van der Waals surface area contributed by atoms with E-state index in [4.69, 9.17) is 5.73 Å². The molecule has 0 spiro atoms. The highest BCUT2D eigenvalue weighted by atomic mass is 32.1. The van der Waals surface area contributed by atoms with E-state index in [2.05, 4.69) is 28.2 Å². The van der Waals surface area contributed by atoms with Gasteiger partial charge in [-0.1, -0.05) is 30.3 Å². The molecule has 0 fully saturated rings. The first-order chi connectivity index (χ1) is 10.2. The Morgan fingerprint density at radius 3 is 2.71 bits per heavy atom. The van der Waals surface area contributed by atoms with Gasteiger partial charge in [-0.3, -0.25) is 0 Å². The van der Waals surface area contributed by atoms with Crippen molar-refractivity contribution in [3.8, 4) is 10.7 Å². The molecular formula is C17H13N3S. The Kier molecular flexibility index (Phi) is 2.65. The molecule has 2 N–H and O–H groups in total. The van der Waals surface area contributed by atoms with Gasteiger partial charge in [-0.25, -0.2) is 9.97 Å². The number of anilines is 1. The van der Waals surface area contributed by atoms with Crippen LogP contribution in [0, 0.1) is 6.92 Å². The summed E-state index contributed by atoms with van der Waals surface area (Å²) in [5, 5.41) is 2.16. The van der Waals surface area contributed by atoms with Crippen LogP contribution in [0.3, 0.4) is 0 Å². The topological polar surface area (TPSA) is 51.8 Å². The highest BCUT2D eigenvalue weighted by molar-refractivity contribution is 7.22. The Hall–Kier alpha value is -2.46. The lowest BCUT2D eigenvalue weighted by molar-refractivity contribution is 1.24. The quantitative estimate of drug-likeness (QED) is 0.565. The molecule has 0 aliphatic rings. The SMILES string of the molecule is Cc1cccc2nc(-c3cc4ccccc4s3)nc(N)c12. The minimum absolute atomic E-state index is 0.547. The molecule has 0 saturated carbocycles. The molecule has 4 aromatic rings. The summed E-state index contributed by atoms with van der Waals surface area (Å²) >= 11 is 1.69. The van der Waals surface area contributed by atoms with Crippen LogP contribution in [0.1, 0.15) is 5.56 Å². The Morgan fingerprint density at radius 2 is 1.86 bits per heavy atom. The second-order valence-corrected chi connectivity index (χ2v) is 6.13.